The fraction of sp³-hybridized carbons (Fsp3) is 0.500. The van der Waals surface area contributed by atoms with Crippen LogP contribution < -0.4 is 10.6 Å². The van der Waals surface area contributed by atoms with E-state index >= 15 is 0 Å². The van der Waals surface area contributed by atoms with E-state index in [0.29, 0.717) is 43.7 Å². The van der Waals surface area contributed by atoms with Gasteiger partial charge in [-0.1, -0.05) is 0 Å². The summed E-state index contributed by atoms with van der Waals surface area (Å²) in [6.07, 6.45) is 0.782. The molecule has 2 N–H and O–H groups in total. The molecule has 0 spiro atoms. The molecule has 0 aliphatic carbocycles. The molecule has 0 atom stereocenters. The van der Waals surface area contributed by atoms with E-state index < -0.39 is 0 Å². The molecule has 17 heavy (non-hydrogen) atoms. The number of nitriles is 2. The number of aryl methyl sites for hydroxylation is 1. The van der Waals surface area contributed by atoms with Crippen LogP contribution in [0.2, 0.25) is 0 Å². The molecule has 0 saturated heterocycles. The summed E-state index contributed by atoms with van der Waals surface area (Å²) in [6, 6.07) is 4.05. The first-order chi connectivity index (χ1) is 8.26. The second-order valence-corrected chi connectivity index (χ2v) is 3.20. The van der Waals surface area contributed by atoms with Gasteiger partial charge in [0.2, 0.25) is 11.9 Å². The van der Waals surface area contributed by atoms with Gasteiger partial charge in [-0.15, -0.1) is 0 Å². The van der Waals surface area contributed by atoms with E-state index in [1.54, 1.807) is 6.92 Å². The molecule has 0 radical (unpaired) electrons. The average molecular weight is 231 g/mol. The topological polar surface area (TPSA) is 110 Å². The smallest absolute Gasteiger partial charge is 0.227 e. The zero-order valence-corrected chi connectivity index (χ0v) is 9.56. The molecular weight excluding hydrogens is 218 g/mol. The lowest BCUT2D eigenvalue weighted by atomic mass is 10.5. The molecule has 0 aliphatic heterocycles. The largest absolute Gasteiger partial charge is 0.353 e. The highest BCUT2D eigenvalue weighted by Gasteiger charge is 2.02. The molecule has 0 aromatic carbocycles. The SMILES string of the molecule is Cc1nc(NCCC#N)nc(NCCC#N)n1. The van der Waals surface area contributed by atoms with Gasteiger partial charge in [-0.05, 0) is 6.92 Å². The highest BCUT2D eigenvalue weighted by Crippen LogP contribution is 2.04. The van der Waals surface area contributed by atoms with Gasteiger partial charge in [0, 0.05) is 13.1 Å². The zero-order chi connectivity index (χ0) is 12.5. The Bertz CT molecular complexity index is 405. The number of hydrogen-bond acceptors (Lipinski definition) is 7. The van der Waals surface area contributed by atoms with Crippen LogP contribution >= 0.6 is 0 Å². The molecule has 1 aromatic heterocycles. The molecule has 88 valence electrons. The molecule has 7 nitrogen and oxygen atoms in total. The van der Waals surface area contributed by atoms with Crippen molar-refractivity contribution in [1.82, 2.24) is 15.0 Å². The number of hydrogen-bond donors (Lipinski definition) is 2. The van der Waals surface area contributed by atoms with Crippen molar-refractivity contribution >= 4 is 11.9 Å². The minimum absolute atomic E-state index is 0.391. The maximum absolute atomic E-state index is 8.41. The van der Waals surface area contributed by atoms with Gasteiger partial charge in [-0.25, -0.2) is 0 Å². The van der Waals surface area contributed by atoms with Gasteiger partial charge in [0.1, 0.15) is 5.82 Å². The highest BCUT2D eigenvalue weighted by molar-refractivity contribution is 5.34. The molecular formula is C10H13N7. The molecule has 1 aromatic rings. The van der Waals surface area contributed by atoms with Crippen molar-refractivity contribution in [3.63, 3.8) is 0 Å². The Morgan fingerprint density at radius 2 is 1.41 bits per heavy atom. The van der Waals surface area contributed by atoms with Crippen molar-refractivity contribution in [2.45, 2.75) is 19.8 Å². The van der Waals surface area contributed by atoms with E-state index in [1.807, 2.05) is 12.1 Å². The van der Waals surface area contributed by atoms with E-state index in [1.165, 1.54) is 0 Å². The molecule has 0 unspecified atom stereocenters. The standard InChI is InChI=1S/C10H13N7/c1-8-15-9(13-6-2-4-11)17-10(16-8)14-7-3-5-12/h2-3,6-7H2,1H3,(H2,13,14,15,16,17). The monoisotopic (exact) mass is 231 g/mol. The molecule has 0 bridgehead atoms. The zero-order valence-electron chi connectivity index (χ0n) is 9.56. The van der Waals surface area contributed by atoms with Gasteiger partial charge in [0.15, 0.2) is 0 Å². The number of nitrogens with zero attached hydrogens (tertiary/aromatic N) is 5. The van der Waals surface area contributed by atoms with Gasteiger partial charge in [0.25, 0.3) is 0 Å². The Balaban J connectivity index is 2.60. The predicted octanol–water partition coefficient (Wildman–Crippen LogP) is 0.831. The van der Waals surface area contributed by atoms with Crippen molar-refractivity contribution < 1.29 is 0 Å². The van der Waals surface area contributed by atoms with Crippen LogP contribution in [0.1, 0.15) is 18.7 Å². The van der Waals surface area contributed by atoms with Gasteiger partial charge >= 0.3 is 0 Å². The molecule has 1 heterocycles. The Kier molecular flexibility index (Phi) is 5.18. The summed E-state index contributed by atoms with van der Waals surface area (Å²) in [5, 5.41) is 22.7. The Morgan fingerprint density at radius 3 is 1.82 bits per heavy atom. The Labute approximate surface area is 99.5 Å². The van der Waals surface area contributed by atoms with E-state index in [9.17, 15) is 0 Å². The lowest BCUT2D eigenvalue weighted by Gasteiger charge is -2.06. The second-order valence-electron chi connectivity index (χ2n) is 3.20. The number of aromatic nitrogens is 3. The molecule has 1 rings (SSSR count). The van der Waals surface area contributed by atoms with E-state index in [4.69, 9.17) is 10.5 Å². The minimum atomic E-state index is 0.391. The summed E-state index contributed by atoms with van der Waals surface area (Å²) in [4.78, 5) is 12.3. The lowest BCUT2D eigenvalue weighted by molar-refractivity contribution is 0.929. The van der Waals surface area contributed by atoms with Crippen LogP contribution in [-0.2, 0) is 0 Å². The summed E-state index contributed by atoms with van der Waals surface area (Å²) in [5.74, 6) is 1.46. The summed E-state index contributed by atoms with van der Waals surface area (Å²) < 4.78 is 0. The molecule has 7 heteroatoms. The van der Waals surface area contributed by atoms with E-state index in [-0.39, 0.29) is 0 Å². The highest BCUT2D eigenvalue weighted by atomic mass is 15.2. The van der Waals surface area contributed by atoms with Crippen molar-refractivity contribution in [2.24, 2.45) is 0 Å². The lowest BCUT2D eigenvalue weighted by Crippen LogP contribution is -2.11. The first-order valence-corrected chi connectivity index (χ1v) is 5.20. The number of nitrogens with one attached hydrogen (secondary N) is 2. The minimum Gasteiger partial charge on any atom is -0.353 e. The predicted molar refractivity (Wildman–Crippen MR) is 62.0 cm³/mol. The first kappa shape index (κ1) is 12.7. The molecule has 0 fully saturated rings. The van der Waals surface area contributed by atoms with Crippen LogP contribution in [0.25, 0.3) is 0 Å². The fourth-order valence-corrected chi connectivity index (χ4v) is 1.10. The molecule has 0 amide bonds. The van der Waals surface area contributed by atoms with Gasteiger partial charge < -0.3 is 10.6 Å². The van der Waals surface area contributed by atoms with Gasteiger partial charge in [0.05, 0.1) is 25.0 Å². The third kappa shape index (κ3) is 4.76. The summed E-state index contributed by atoms with van der Waals surface area (Å²) >= 11 is 0. The van der Waals surface area contributed by atoms with Crippen molar-refractivity contribution in [1.29, 1.82) is 10.5 Å². The van der Waals surface area contributed by atoms with Crippen LogP contribution in [0.3, 0.4) is 0 Å². The van der Waals surface area contributed by atoms with Crippen molar-refractivity contribution in [3.05, 3.63) is 5.82 Å². The van der Waals surface area contributed by atoms with Crippen molar-refractivity contribution in [3.8, 4) is 12.1 Å². The third-order valence-corrected chi connectivity index (χ3v) is 1.79. The average Bonchev–Trinajstić information content (AvgIpc) is 2.29. The quantitative estimate of drug-likeness (QED) is 0.697. The van der Waals surface area contributed by atoms with Crippen molar-refractivity contribution in [2.75, 3.05) is 23.7 Å². The van der Waals surface area contributed by atoms with Crippen LogP contribution in [0, 0.1) is 29.6 Å². The Morgan fingerprint density at radius 1 is 0.941 bits per heavy atom. The maximum Gasteiger partial charge on any atom is 0.227 e. The van der Waals surface area contributed by atoms with Crippen LogP contribution in [0.15, 0.2) is 0 Å². The maximum atomic E-state index is 8.41. The second kappa shape index (κ2) is 6.96. The number of anilines is 2. The van der Waals surface area contributed by atoms with E-state index in [2.05, 4.69) is 25.6 Å². The summed E-state index contributed by atoms with van der Waals surface area (Å²) in [5.41, 5.74) is 0. The van der Waals surface area contributed by atoms with Crippen LogP contribution in [-0.4, -0.2) is 28.0 Å². The fourth-order valence-electron chi connectivity index (χ4n) is 1.10. The molecule has 0 aliphatic rings. The van der Waals surface area contributed by atoms with Crippen LogP contribution in [0.4, 0.5) is 11.9 Å². The third-order valence-electron chi connectivity index (χ3n) is 1.79. The van der Waals surface area contributed by atoms with Gasteiger partial charge in [-0.3, -0.25) is 0 Å². The number of rotatable bonds is 6. The molecule has 0 saturated carbocycles. The van der Waals surface area contributed by atoms with E-state index in [0.717, 1.165) is 0 Å². The first-order valence-electron chi connectivity index (χ1n) is 5.20. The summed E-state index contributed by atoms with van der Waals surface area (Å²) in [7, 11) is 0. The normalized spacial score (nSPS) is 9.12. The van der Waals surface area contributed by atoms with Gasteiger partial charge in [-0.2, -0.15) is 25.5 Å². The summed E-state index contributed by atoms with van der Waals surface area (Å²) in [6.45, 7) is 2.75. The Hall–Kier alpha value is -2.41. The van der Waals surface area contributed by atoms with Crippen LogP contribution in [0.5, 0.6) is 0 Å².